The van der Waals surface area contributed by atoms with Gasteiger partial charge in [0.05, 0.1) is 6.61 Å². The van der Waals surface area contributed by atoms with Crippen LogP contribution in [0.25, 0.3) is 6.08 Å². The summed E-state index contributed by atoms with van der Waals surface area (Å²) in [5.74, 6) is 0. The number of rotatable bonds is 29. The Bertz CT molecular complexity index is 711. The Hall–Kier alpha value is -1.28. The molecule has 0 bridgehead atoms. The Kier molecular flexibility index (Phi) is 23.2. The van der Waals surface area contributed by atoms with Crippen molar-refractivity contribution in [1.29, 1.82) is 0 Å². The van der Waals surface area contributed by atoms with Crippen LogP contribution in [0.3, 0.4) is 0 Å². The number of hydrogen-bond acceptors (Lipinski definition) is 2. The molecule has 230 valence electrons. The monoisotopic (exact) mass is 554 g/mol. The number of ether oxygens (including phenoxy) is 1. The molecule has 0 radical (unpaired) electrons. The molecule has 0 aromatic heterocycles. The van der Waals surface area contributed by atoms with E-state index >= 15 is 0 Å². The molecule has 1 aromatic rings. The molecule has 0 fully saturated rings. The molecule has 0 aliphatic carbocycles. The van der Waals surface area contributed by atoms with Gasteiger partial charge in [0.15, 0.2) is 0 Å². The first-order chi connectivity index (χ1) is 19.9. The number of fused-ring (bicyclic) bond motifs is 1. The fraction of sp³-hybridized carbons (Fsp3) is 0.789. The van der Waals surface area contributed by atoms with E-state index in [-0.39, 0.29) is 0 Å². The zero-order valence-corrected chi connectivity index (χ0v) is 26.8. The highest BCUT2D eigenvalue weighted by atomic mass is 16.5. The van der Waals surface area contributed by atoms with Crippen molar-refractivity contribution in [2.45, 2.75) is 174 Å². The van der Waals surface area contributed by atoms with Crippen molar-refractivity contribution < 1.29 is 4.74 Å². The van der Waals surface area contributed by atoms with Crippen molar-refractivity contribution in [3.63, 3.8) is 0 Å². The minimum absolute atomic E-state index is 0.765. The third-order valence-electron chi connectivity index (χ3n) is 8.76. The summed E-state index contributed by atoms with van der Waals surface area (Å²) in [6.07, 6.45) is 39.8. The minimum atomic E-state index is 0.765. The van der Waals surface area contributed by atoms with Crippen LogP contribution in [0.4, 0.5) is 5.69 Å². The highest BCUT2D eigenvalue weighted by Crippen LogP contribution is 2.23. The van der Waals surface area contributed by atoms with Crippen LogP contribution in [0.2, 0.25) is 0 Å². The summed E-state index contributed by atoms with van der Waals surface area (Å²) in [5.41, 5.74) is 3.88. The van der Waals surface area contributed by atoms with E-state index in [1.807, 2.05) is 0 Å². The van der Waals surface area contributed by atoms with Crippen molar-refractivity contribution in [3.05, 3.63) is 35.4 Å². The van der Waals surface area contributed by atoms with E-state index in [1.165, 1.54) is 184 Å². The average Bonchev–Trinajstić information content (AvgIpc) is 2.98. The molecule has 1 N–H and O–H groups in total. The van der Waals surface area contributed by atoms with Gasteiger partial charge in [0.25, 0.3) is 0 Å². The third kappa shape index (κ3) is 19.7. The Morgan fingerprint density at radius 2 is 0.925 bits per heavy atom. The molecule has 1 aliphatic heterocycles. The van der Waals surface area contributed by atoms with Crippen LogP contribution in [-0.4, -0.2) is 19.8 Å². The summed E-state index contributed by atoms with van der Waals surface area (Å²) in [5, 5.41) is 3.49. The molecule has 0 saturated heterocycles. The number of benzene rings is 1. The predicted octanol–water partition coefficient (Wildman–Crippen LogP) is 12.7. The van der Waals surface area contributed by atoms with Crippen LogP contribution in [0.5, 0.6) is 0 Å². The SMILES string of the molecule is CCCCCCCCCCCCCCCCCCCCCCCCCCCCOCC1=Cc2ccccc2NC1. The van der Waals surface area contributed by atoms with Gasteiger partial charge >= 0.3 is 0 Å². The second kappa shape index (κ2) is 26.6. The van der Waals surface area contributed by atoms with E-state index in [0.717, 1.165) is 19.8 Å². The smallest absolute Gasteiger partial charge is 0.0697 e. The first-order valence-electron chi connectivity index (χ1n) is 18.0. The first kappa shape index (κ1) is 34.9. The van der Waals surface area contributed by atoms with Crippen LogP contribution in [0.15, 0.2) is 29.8 Å². The summed E-state index contributed by atoms with van der Waals surface area (Å²) in [6, 6.07) is 8.50. The van der Waals surface area contributed by atoms with Gasteiger partial charge < -0.3 is 10.1 Å². The zero-order chi connectivity index (χ0) is 28.2. The lowest BCUT2D eigenvalue weighted by Crippen LogP contribution is -2.14. The highest BCUT2D eigenvalue weighted by Gasteiger charge is 2.08. The standard InChI is InChI=1S/C38H67NO/c1-2-3-4-5-6-7-8-9-10-11-12-13-14-15-16-17-18-19-20-21-22-23-24-25-26-29-32-40-35-36-33-37-30-27-28-31-38(37)39-34-36/h27-28,30-31,33,39H,2-26,29,32,34-35H2,1H3. The summed E-state index contributed by atoms with van der Waals surface area (Å²) >= 11 is 0. The molecule has 1 aromatic carbocycles. The van der Waals surface area contributed by atoms with Gasteiger partial charge in [-0.1, -0.05) is 186 Å². The molecule has 0 unspecified atom stereocenters. The molecular weight excluding hydrogens is 486 g/mol. The van der Waals surface area contributed by atoms with Crippen LogP contribution in [-0.2, 0) is 4.74 Å². The largest absolute Gasteiger partial charge is 0.381 e. The maximum absolute atomic E-state index is 5.93. The molecule has 1 aliphatic rings. The number of anilines is 1. The molecule has 0 spiro atoms. The number of para-hydroxylation sites is 1. The lowest BCUT2D eigenvalue weighted by Gasteiger charge is -2.18. The predicted molar refractivity (Wildman–Crippen MR) is 179 cm³/mol. The van der Waals surface area contributed by atoms with Crippen molar-refractivity contribution in [2.24, 2.45) is 0 Å². The lowest BCUT2D eigenvalue weighted by atomic mass is 10.0. The second-order valence-electron chi connectivity index (χ2n) is 12.6. The van der Waals surface area contributed by atoms with Crippen LogP contribution >= 0.6 is 0 Å². The Balaban J connectivity index is 1.19. The maximum Gasteiger partial charge on any atom is 0.0697 e. The van der Waals surface area contributed by atoms with Gasteiger partial charge in [0, 0.05) is 18.8 Å². The number of unbranched alkanes of at least 4 members (excludes halogenated alkanes) is 25. The highest BCUT2D eigenvalue weighted by molar-refractivity contribution is 5.72. The molecule has 2 heteroatoms. The first-order valence-corrected chi connectivity index (χ1v) is 18.0. The second-order valence-corrected chi connectivity index (χ2v) is 12.6. The third-order valence-corrected chi connectivity index (χ3v) is 8.76. The van der Waals surface area contributed by atoms with Crippen molar-refractivity contribution in [1.82, 2.24) is 0 Å². The summed E-state index contributed by atoms with van der Waals surface area (Å²) in [6.45, 7) is 4.88. The molecule has 0 atom stereocenters. The molecule has 1 heterocycles. The van der Waals surface area contributed by atoms with Crippen LogP contribution in [0.1, 0.15) is 179 Å². The topological polar surface area (TPSA) is 21.3 Å². The van der Waals surface area contributed by atoms with Gasteiger partial charge in [-0.05, 0) is 29.7 Å². The van der Waals surface area contributed by atoms with Crippen molar-refractivity contribution in [3.8, 4) is 0 Å². The lowest BCUT2D eigenvalue weighted by molar-refractivity contribution is 0.151. The van der Waals surface area contributed by atoms with Gasteiger partial charge in [-0.2, -0.15) is 0 Å². The van der Waals surface area contributed by atoms with Gasteiger partial charge in [-0.3, -0.25) is 0 Å². The molecule has 0 saturated carbocycles. The van der Waals surface area contributed by atoms with Crippen molar-refractivity contribution in [2.75, 3.05) is 25.1 Å². The Morgan fingerprint density at radius 3 is 1.38 bits per heavy atom. The fourth-order valence-electron chi connectivity index (χ4n) is 6.08. The van der Waals surface area contributed by atoms with Gasteiger partial charge in [0.2, 0.25) is 0 Å². The van der Waals surface area contributed by atoms with Gasteiger partial charge in [-0.15, -0.1) is 0 Å². The molecule has 2 rings (SSSR count). The van der Waals surface area contributed by atoms with E-state index in [4.69, 9.17) is 4.74 Å². The molecule has 40 heavy (non-hydrogen) atoms. The quantitative estimate of drug-likeness (QED) is 0.0996. The molecule has 0 amide bonds. The number of hydrogen-bond donors (Lipinski definition) is 1. The molecular formula is C38H67NO. The molecule has 2 nitrogen and oxygen atoms in total. The Morgan fingerprint density at radius 1 is 0.525 bits per heavy atom. The van der Waals surface area contributed by atoms with Crippen LogP contribution < -0.4 is 5.32 Å². The number of nitrogens with one attached hydrogen (secondary N) is 1. The van der Waals surface area contributed by atoms with Gasteiger partial charge in [-0.25, -0.2) is 0 Å². The normalized spacial score (nSPS) is 12.8. The Labute approximate surface area is 250 Å². The summed E-state index contributed by atoms with van der Waals surface area (Å²) < 4.78 is 5.93. The van der Waals surface area contributed by atoms with E-state index in [1.54, 1.807) is 0 Å². The van der Waals surface area contributed by atoms with Crippen LogP contribution in [0, 0.1) is 0 Å². The van der Waals surface area contributed by atoms with Gasteiger partial charge in [0.1, 0.15) is 0 Å². The summed E-state index contributed by atoms with van der Waals surface area (Å²) in [7, 11) is 0. The minimum Gasteiger partial charge on any atom is -0.381 e. The summed E-state index contributed by atoms with van der Waals surface area (Å²) in [4.78, 5) is 0. The van der Waals surface area contributed by atoms with E-state index < -0.39 is 0 Å². The fourth-order valence-corrected chi connectivity index (χ4v) is 6.08. The van der Waals surface area contributed by atoms with E-state index in [2.05, 4.69) is 42.6 Å². The zero-order valence-electron chi connectivity index (χ0n) is 26.8. The van der Waals surface area contributed by atoms with E-state index in [9.17, 15) is 0 Å². The average molecular weight is 554 g/mol. The maximum atomic E-state index is 5.93. The van der Waals surface area contributed by atoms with E-state index in [0.29, 0.717) is 0 Å². The van der Waals surface area contributed by atoms with Crippen molar-refractivity contribution >= 4 is 11.8 Å².